The molecule has 0 heterocycles. The van der Waals surface area contributed by atoms with Gasteiger partial charge in [0.05, 0.1) is 42.3 Å². The molecule has 0 fully saturated rings. The van der Waals surface area contributed by atoms with Crippen LogP contribution >= 0.6 is 0 Å². The van der Waals surface area contributed by atoms with Crippen molar-refractivity contribution in [1.29, 1.82) is 0 Å². The molecule has 2 aromatic carbocycles. The summed E-state index contributed by atoms with van der Waals surface area (Å²) in [6, 6.07) is 16.8. The van der Waals surface area contributed by atoms with E-state index in [0.717, 1.165) is 53.2 Å². The Morgan fingerprint density at radius 2 is 1.13 bits per heavy atom. The number of benzene rings is 2. The maximum absolute atomic E-state index is 5.88. The summed E-state index contributed by atoms with van der Waals surface area (Å²) in [5, 5.41) is 0. The molecule has 30 heavy (non-hydrogen) atoms. The fourth-order valence-corrected chi connectivity index (χ4v) is 2.89. The van der Waals surface area contributed by atoms with Crippen LogP contribution in [0.15, 0.2) is 48.5 Å². The van der Waals surface area contributed by atoms with Crippen LogP contribution in [-0.4, -0.2) is 77.6 Å². The number of nitrogens with zero attached hydrogens (tertiary/aromatic N) is 2. The van der Waals surface area contributed by atoms with Crippen molar-refractivity contribution in [3.8, 4) is 11.5 Å². The quantitative estimate of drug-likeness (QED) is 0.390. The number of hydrogen-bond donors (Lipinski definition) is 0. The first-order chi connectivity index (χ1) is 14.1. The smallest absolute Gasteiger partial charge is 0.137 e. The molecule has 0 radical (unpaired) electrons. The highest BCUT2D eigenvalue weighted by atomic mass is 16.5. The van der Waals surface area contributed by atoms with E-state index < -0.39 is 0 Å². The summed E-state index contributed by atoms with van der Waals surface area (Å²) in [6.07, 6.45) is 3.23. The van der Waals surface area contributed by atoms with Crippen LogP contribution in [0.2, 0.25) is 0 Å². The van der Waals surface area contributed by atoms with Crippen molar-refractivity contribution in [2.45, 2.75) is 13.3 Å². The summed E-state index contributed by atoms with van der Waals surface area (Å²) in [4.78, 5) is 0. The third-order valence-electron chi connectivity index (χ3n) is 4.89. The molecule has 164 valence electrons. The van der Waals surface area contributed by atoms with Gasteiger partial charge in [-0.05, 0) is 47.4 Å². The van der Waals surface area contributed by atoms with Gasteiger partial charge in [0.25, 0.3) is 0 Å². The number of allylic oxidation sites excluding steroid dienone is 1. The Kier molecular flexibility index (Phi) is 8.51. The highest BCUT2D eigenvalue weighted by Gasteiger charge is 2.08. The van der Waals surface area contributed by atoms with Crippen LogP contribution in [-0.2, 0) is 0 Å². The fraction of sp³-hybridized carbons (Fsp3) is 0.462. The second-order valence-corrected chi connectivity index (χ2v) is 9.84. The van der Waals surface area contributed by atoms with E-state index in [1.807, 2.05) is 0 Å². The molecule has 0 aliphatic heterocycles. The van der Waals surface area contributed by atoms with E-state index in [4.69, 9.17) is 9.47 Å². The van der Waals surface area contributed by atoms with Gasteiger partial charge < -0.3 is 18.4 Å². The van der Waals surface area contributed by atoms with Crippen LogP contribution < -0.4 is 9.47 Å². The Balaban J connectivity index is 1.97. The van der Waals surface area contributed by atoms with Crippen molar-refractivity contribution >= 4 is 11.6 Å². The molecule has 0 amide bonds. The Morgan fingerprint density at radius 3 is 1.53 bits per heavy atom. The first-order valence-corrected chi connectivity index (χ1v) is 10.8. The lowest BCUT2D eigenvalue weighted by molar-refractivity contribution is -0.870. The van der Waals surface area contributed by atoms with Gasteiger partial charge in [0.2, 0.25) is 0 Å². The van der Waals surface area contributed by atoms with Crippen LogP contribution in [0.5, 0.6) is 11.5 Å². The zero-order valence-corrected chi connectivity index (χ0v) is 19.9. The second kappa shape index (κ2) is 10.6. The standard InChI is InChI=1S/C26H40N2O2/c1-8-23(24-11-15-26(16-12-24)30-20-18-28(5,6)7)21-22-9-13-25(14-10-22)29-19-17-27(2,3)4/h9-16,21H,8,17-20H2,1-7H3/q+2/b23-21-. The lowest BCUT2D eigenvalue weighted by Crippen LogP contribution is -2.38. The van der Waals surface area contributed by atoms with Gasteiger partial charge in [-0.2, -0.15) is 0 Å². The van der Waals surface area contributed by atoms with Crippen LogP contribution in [0.25, 0.3) is 11.6 Å². The van der Waals surface area contributed by atoms with Gasteiger partial charge in [-0.25, -0.2) is 0 Å². The van der Waals surface area contributed by atoms with E-state index in [9.17, 15) is 0 Å². The zero-order valence-electron chi connectivity index (χ0n) is 19.9. The third kappa shape index (κ3) is 9.02. The molecule has 0 aromatic heterocycles. The first kappa shape index (κ1) is 24.0. The zero-order chi connectivity index (χ0) is 22.2. The van der Waals surface area contributed by atoms with Crippen molar-refractivity contribution in [1.82, 2.24) is 0 Å². The van der Waals surface area contributed by atoms with Gasteiger partial charge >= 0.3 is 0 Å². The minimum atomic E-state index is 0.724. The lowest BCUT2D eigenvalue weighted by atomic mass is 10.0. The Labute approximate surface area is 183 Å². The molecule has 0 aliphatic rings. The highest BCUT2D eigenvalue weighted by molar-refractivity contribution is 5.81. The predicted octanol–water partition coefficient (Wildman–Crippen LogP) is 4.81. The normalized spacial score (nSPS) is 12.7. The minimum absolute atomic E-state index is 0.724. The molecule has 2 rings (SSSR count). The van der Waals surface area contributed by atoms with Crippen molar-refractivity contribution in [3.05, 3.63) is 59.7 Å². The number of likely N-dealkylation sites (N-methyl/N-ethyl adjacent to an activating group) is 2. The summed E-state index contributed by atoms with van der Waals surface area (Å²) in [5.74, 6) is 1.85. The van der Waals surface area contributed by atoms with E-state index in [2.05, 4.69) is 104 Å². The molecule has 0 atom stereocenters. The molecule has 2 aromatic rings. The summed E-state index contributed by atoms with van der Waals surface area (Å²) >= 11 is 0. The van der Waals surface area contributed by atoms with Crippen molar-refractivity contribution in [3.63, 3.8) is 0 Å². The molecule has 0 saturated heterocycles. The van der Waals surface area contributed by atoms with E-state index in [-0.39, 0.29) is 0 Å². The van der Waals surface area contributed by atoms with Gasteiger partial charge in [-0.15, -0.1) is 0 Å². The number of rotatable bonds is 11. The van der Waals surface area contributed by atoms with E-state index in [0.29, 0.717) is 0 Å². The van der Waals surface area contributed by atoms with E-state index >= 15 is 0 Å². The van der Waals surface area contributed by atoms with Crippen LogP contribution in [0, 0.1) is 0 Å². The summed E-state index contributed by atoms with van der Waals surface area (Å²) < 4.78 is 13.6. The van der Waals surface area contributed by atoms with Crippen molar-refractivity contribution in [2.75, 3.05) is 68.6 Å². The molecular weight excluding hydrogens is 372 g/mol. The minimum Gasteiger partial charge on any atom is -0.488 e. The van der Waals surface area contributed by atoms with Gasteiger partial charge in [0.15, 0.2) is 0 Å². The maximum atomic E-state index is 5.88. The molecule has 4 heteroatoms. The van der Waals surface area contributed by atoms with Crippen LogP contribution in [0.3, 0.4) is 0 Å². The molecular formula is C26H40N2O2+2. The SMILES string of the molecule is CC/C(=C/c1ccc(OCC[N+](C)(C)C)cc1)c1ccc(OCC[N+](C)(C)C)cc1. The van der Waals surface area contributed by atoms with E-state index in [1.54, 1.807) is 0 Å². The monoisotopic (exact) mass is 412 g/mol. The van der Waals surface area contributed by atoms with Gasteiger partial charge in [0, 0.05) is 0 Å². The average Bonchev–Trinajstić information content (AvgIpc) is 2.66. The molecule has 0 spiro atoms. The Morgan fingerprint density at radius 1 is 0.700 bits per heavy atom. The number of quaternary nitrogens is 2. The topological polar surface area (TPSA) is 18.5 Å². The van der Waals surface area contributed by atoms with Crippen molar-refractivity contribution in [2.24, 2.45) is 0 Å². The molecule has 0 saturated carbocycles. The molecule has 4 nitrogen and oxygen atoms in total. The molecule has 0 aliphatic carbocycles. The summed E-state index contributed by atoms with van der Waals surface area (Å²) in [7, 11) is 13.0. The third-order valence-corrected chi connectivity index (χ3v) is 4.89. The molecule has 0 N–H and O–H groups in total. The molecule has 0 unspecified atom stereocenters. The fourth-order valence-electron chi connectivity index (χ4n) is 2.89. The summed E-state index contributed by atoms with van der Waals surface area (Å²) in [5.41, 5.74) is 3.74. The second-order valence-electron chi connectivity index (χ2n) is 9.84. The average molecular weight is 413 g/mol. The van der Waals surface area contributed by atoms with Crippen LogP contribution in [0.4, 0.5) is 0 Å². The molecule has 0 bridgehead atoms. The Bertz CT molecular complexity index is 795. The largest absolute Gasteiger partial charge is 0.488 e. The number of ether oxygens (including phenoxy) is 2. The number of hydrogen-bond acceptors (Lipinski definition) is 2. The van der Waals surface area contributed by atoms with Gasteiger partial charge in [0.1, 0.15) is 37.8 Å². The maximum Gasteiger partial charge on any atom is 0.137 e. The van der Waals surface area contributed by atoms with Crippen LogP contribution in [0.1, 0.15) is 24.5 Å². The summed E-state index contributed by atoms with van der Waals surface area (Å²) in [6.45, 7) is 5.61. The lowest BCUT2D eigenvalue weighted by Gasteiger charge is -2.23. The Hall–Kier alpha value is -2.30. The van der Waals surface area contributed by atoms with Gasteiger partial charge in [-0.3, -0.25) is 0 Å². The highest BCUT2D eigenvalue weighted by Crippen LogP contribution is 2.24. The predicted molar refractivity (Wildman–Crippen MR) is 128 cm³/mol. The van der Waals surface area contributed by atoms with E-state index in [1.165, 1.54) is 16.7 Å². The van der Waals surface area contributed by atoms with Crippen molar-refractivity contribution < 1.29 is 18.4 Å². The van der Waals surface area contributed by atoms with Gasteiger partial charge in [-0.1, -0.05) is 37.3 Å². The first-order valence-electron chi connectivity index (χ1n) is 10.8.